The van der Waals surface area contributed by atoms with Gasteiger partial charge in [-0.2, -0.15) is 0 Å². The first-order chi connectivity index (χ1) is 7.24. The fraction of sp³-hybridized carbons (Fsp3) is 0.909. The molecule has 0 heterocycles. The summed E-state index contributed by atoms with van der Waals surface area (Å²) in [7, 11) is 1.70. The van der Waals surface area contributed by atoms with Gasteiger partial charge in [-0.1, -0.05) is 6.42 Å². The number of aliphatic carboxylic acids is 1. The van der Waals surface area contributed by atoms with Gasteiger partial charge >= 0.3 is 5.97 Å². The van der Waals surface area contributed by atoms with Crippen LogP contribution in [0.2, 0.25) is 0 Å². The van der Waals surface area contributed by atoms with Crippen LogP contribution < -0.4 is 5.32 Å². The molecule has 0 aromatic heterocycles. The summed E-state index contributed by atoms with van der Waals surface area (Å²) in [4.78, 5) is 10.8. The Bertz CT molecular complexity index is 196. The standard InChI is InChI=1S/C11H21NO3/c1-15-7-3-6-12-10-5-2-4-9(8-10)11(13)14/h9-10,12H,2-8H2,1H3,(H,13,14). The molecular formula is C11H21NO3. The number of carboxylic acid groups (broad SMARTS) is 1. The third-order valence-electron chi connectivity index (χ3n) is 2.98. The fourth-order valence-corrected chi connectivity index (χ4v) is 2.12. The molecule has 2 unspecified atom stereocenters. The molecule has 1 saturated carbocycles. The molecule has 0 aromatic rings. The normalized spacial score (nSPS) is 26.5. The molecule has 0 bridgehead atoms. The Kier molecular flexibility index (Phi) is 5.65. The van der Waals surface area contributed by atoms with Crippen molar-refractivity contribution in [1.29, 1.82) is 0 Å². The number of hydrogen-bond donors (Lipinski definition) is 2. The van der Waals surface area contributed by atoms with Crippen molar-refractivity contribution in [3.63, 3.8) is 0 Å². The van der Waals surface area contributed by atoms with Gasteiger partial charge in [0.05, 0.1) is 5.92 Å². The van der Waals surface area contributed by atoms with Gasteiger partial charge in [-0.25, -0.2) is 0 Å². The summed E-state index contributed by atoms with van der Waals surface area (Å²) in [6, 6.07) is 0.386. The van der Waals surface area contributed by atoms with Crippen molar-refractivity contribution < 1.29 is 14.6 Å². The van der Waals surface area contributed by atoms with Gasteiger partial charge in [0.1, 0.15) is 0 Å². The number of nitrogens with one attached hydrogen (secondary N) is 1. The molecule has 0 saturated heterocycles. The minimum absolute atomic E-state index is 0.140. The van der Waals surface area contributed by atoms with Gasteiger partial charge in [-0.3, -0.25) is 4.79 Å². The molecule has 15 heavy (non-hydrogen) atoms. The first-order valence-electron chi connectivity index (χ1n) is 5.69. The summed E-state index contributed by atoms with van der Waals surface area (Å²) in [5, 5.41) is 12.3. The first-order valence-corrected chi connectivity index (χ1v) is 5.69. The van der Waals surface area contributed by atoms with Crippen LogP contribution in [-0.4, -0.2) is 37.4 Å². The third kappa shape index (κ3) is 4.62. The second kappa shape index (κ2) is 6.80. The van der Waals surface area contributed by atoms with E-state index in [1.54, 1.807) is 7.11 Å². The summed E-state index contributed by atoms with van der Waals surface area (Å²) in [6.45, 7) is 1.69. The Morgan fingerprint density at radius 2 is 2.33 bits per heavy atom. The zero-order valence-electron chi connectivity index (χ0n) is 9.37. The van der Waals surface area contributed by atoms with E-state index in [1.165, 1.54) is 0 Å². The maximum atomic E-state index is 10.8. The van der Waals surface area contributed by atoms with Crippen LogP contribution in [0.1, 0.15) is 32.1 Å². The number of carboxylic acids is 1. The van der Waals surface area contributed by atoms with Crippen molar-refractivity contribution in [2.24, 2.45) is 5.92 Å². The maximum Gasteiger partial charge on any atom is 0.306 e. The predicted octanol–water partition coefficient (Wildman–Crippen LogP) is 1.26. The average Bonchev–Trinajstić information content (AvgIpc) is 2.25. The van der Waals surface area contributed by atoms with E-state index >= 15 is 0 Å². The minimum Gasteiger partial charge on any atom is -0.481 e. The molecule has 2 N–H and O–H groups in total. The van der Waals surface area contributed by atoms with E-state index in [2.05, 4.69) is 5.32 Å². The molecule has 1 fully saturated rings. The molecule has 4 heteroatoms. The Labute approximate surface area is 91.0 Å². The molecular weight excluding hydrogens is 194 g/mol. The highest BCUT2D eigenvalue weighted by molar-refractivity contribution is 5.70. The summed E-state index contributed by atoms with van der Waals surface area (Å²) in [5.41, 5.74) is 0. The fourth-order valence-electron chi connectivity index (χ4n) is 2.12. The van der Waals surface area contributed by atoms with Crippen molar-refractivity contribution in [3.05, 3.63) is 0 Å². The highest BCUT2D eigenvalue weighted by Gasteiger charge is 2.26. The van der Waals surface area contributed by atoms with Crippen molar-refractivity contribution >= 4 is 5.97 Å². The van der Waals surface area contributed by atoms with Crippen LogP contribution in [-0.2, 0) is 9.53 Å². The molecule has 0 amide bonds. The number of ether oxygens (including phenoxy) is 1. The van der Waals surface area contributed by atoms with Crippen molar-refractivity contribution in [1.82, 2.24) is 5.32 Å². The SMILES string of the molecule is COCCCNC1CCCC(C(=O)O)C1. The van der Waals surface area contributed by atoms with E-state index in [4.69, 9.17) is 9.84 Å². The van der Waals surface area contributed by atoms with Gasteiger partial charge in [-0.05, 0) is 32.2 Å². The lowest BCUT2D eigenvalue weighted by atomic mass is 9.86. The number of hydrogen-bond acceptors (Lipinski definition) is 3. The lowest BCUT2D eigenvalue weighted by molar-refractivity contribution is -0.143. The second-order valence-corrected chi connectivity index (χ2v) is 4.20. The largest absolute Gasteiger partial charge is 0.481 e. The summed E-state index contributed by atoms with van der Waals surface area (Å²) >= 11 is 0. The van der Waals surface area contributed by atoms with Gasteiger partial charge in [-0.15, -0.1) is 0 Å². The lowest BCUT2D eigenvalue weighted by Gasteiger charge is -2.27. The lowest BCUT2D eigenvalue weighted by Crippen LogP contribution is -2.37. The van der Waals surface area contributed by atoms with Gasteiger partial charge in [0.15, 0.2) is 0 Å². The van der Waals surface area contributed by atoms with Crippen molar-refractivity contribution in [3.8, 4) is 0 Å². The molecule has 0 radical (unpaired) electrons. The smallest absolute Gasteiger partial charge is 0.306 e. The van der Waals surface area contributed by atoms with Crippen LogP contribution in [0.25, 0.3) is 0 Å². The molecule has 0 aliphatic heterocycles. The van der Waals surface area contributed by atoms with Crippen molar-refractivity contribution in [2.45, 2.75) is 38.1 Å². The predicted molar refractivity (Wildman–Crippen MR) is 57.9 cm³/mol. The Morgan fingerprint density at radius 3 is 3.00 bits per heavy atom. The summed E-state index contributed by atoms with van der Waals surface area (Å²) in [6.07, 6.45) is 4.74. The van der Waals surface area contributed by atoms with Crippen LogP contribution >= 0.6 is 0 Å². The van der Waals surface area contributed by atoms with Gasteiger partial charge in [0, 0.05) is 19.8 Å². The van der Waals surface area contributed by atoms with E-state index < -0.39 is 5.97 Å². The molecule has 0 aromatic carbocycles. The van der Waals surface area contributed by atoms with E-state index in [-0.39, 0.29) is 5.92 Å². The molecule has 88 valence electrons. The van der Waals surface area contributed by atoms with E-state index in [9.17, 15) is 4.79 Å². The van der Waals surface area contributed by atoms with Crippen LogP contribution in [0.15, 0.2) is 0 Å². The number of rotatable bonds is 6. The van der Waals surface area contributed by atoms with Gasteiger partial charge < -0.3 is 15.2 Å². The highest BCUT2D eigenvalue weighted by Crippen LogP contribution is 2.24. The number of methoxy groups -OCH3 is 1. The average molecular weight is 215 g/mol. The third-order valence-corrected chi connectivity index (χ3v) is 2.98. The molecule has 1 aliphatic carbocycles. The first kappa shape index (κ1) is 12.5. The number of carbonyl (C=O) groups is 1. The second-order valence-electron chi connectivity index (χ2n) is 4.20. The zero-order valence-corrected chi connectivity index (χ0v) is 9.37. The highest BCUT2D eigenvalue weighted by atomic mass is 16.5. The van der Waals surface area contributed by atoms with E-state index in [1.807, 2.05) is 0 Å². The summed E-state index contributed by atoms with van der Waals surface area (Å²) in [5.74, 6) is -0.780. The molecule has 1 aliphatic rings. The van der Waals surface area contributed by atoms with Gasteiger partial charge in [0.2, 0.25) is 0 Å². The minimum atomic E-state index is -0.640. The monoisotopic (exact) mass is 215 g/mol. The molecule has 4 nitrogen and oxygen atoms in total. The quantitative estimate of drug-likeness (QED) is 0.655. The van der Waals surface area contributed by atoms with E-state index in [0.717, 1.165) is 45.3 Å². The van der Waals surface area contributed by atoms with E-state index in [0.29, 0.717) is 6.04 Å². The van der Waals surface area contributed by atoms with Crippen LogP contribution in [0, 0.1) is 5.92 Å². The molecule has 0 spiro atoms. The summed E-state index contributed by atoms with van der Waals surface area (Å²) < 4.78 is 4.96. The van der Waals surface area contributed by atoms with Gasteiger partial charge in [0.25, 0.3) is 0 Å². The Hall–Kier alpha value is -0.610. The van der Waals surface area contributed by atoms with Crippen LogP contribution in [0.5, 0.6) is 0 Å². The molecule has 1 rings (SSSR count). The maximum absolute atomic E-state index is 10.8. The van der Waals surface area contributed by atoms with Crippen LogP contribution in [0.3, 0.4) is 0 Å². The molecule has 2 atom stereocenters. The Morgan fingerprint density at radius 1 is 1.53 bits per heavy atom. The topological polar surface area (TPSA) is 58.6 Å². The van der Waals surface area contributed by atoms with Crippen LogP contribution in [0.4, 0.5) is 0 Å². The zero-order chi connectivity index (χ0) is 11.1. The van der Waals surface area contributed by atoms with Crippen molar-refractivity contribution in [2.75, 3.05) is 20.3 Å². The Balaban J connectivity index is 2.15.